The molecule has 0 aromatic heterocycles. The fraction of sp³-hybridized carbons (Fsp3) is 0.375. The Bertz CT molecular complexity index is 874. The Kier molecular flexibility index (Phi) is 10.9. The molecule has 0 unspecified atom stereocenters. The number of rotatable bonds is 8. The van der Waals surface area contributed by atoms with Crippen molar-refractivity contribution in [2.75, 3.05) is 14.2 Å². The summed E-state index contributed by atoms with van der Waals surface area (Å²) in [7, 11) is 3.11. The molecule has 0 aliphatic rings. The molecule has 30 heavy (non-hydrogen) atoms. The highest BCUT2D eigenvalue weighted by molar-refractivity contribution is 6.00. The summed E-state index contributed by atoms with van der Waals surface area (Å²) in [4.78, 5) is 19.6. The molecule has 0 heterocycles. The number of oxime groups is 2. The van der Waals surface area contributed by atoms with Crippen LogP contribution in [-0.2, 0) is 21.1 Å². The van der Waals surface area contributed by atoms with E-state index in [-0.39, 0.29) is 0 Å². The number of nitrogens with zero attached hydrogens (tertiary/aromatic N) is 2. The summed E-state index contributed by atoms with van der Waals surface area (Å²) >= 11 is 0. The van der Waals surface area contributed by atoms with Crippen LogP contribution in [0, 0.1) is 6.92 Å². The van der Waals surface area contributed by atoms with Crippen LogP contribution in [-0.4, -0.2) is 32.0 Å². The van der Waals surface area contributed by atoms with Crippen LogP contribution in [0.3, 0.4) is 0 Å². The number of amides is 1. The Hall–Kier alpha value is -3.15. The summed E-state index contributed by atoms with van der Waals surface area (Å²) < 4.78 is 0. The van der Waals surface area contributed by atoms with Crippen LogP contribution in [0.15, 0.2) is 52.8 Å². The average Bonchev–Trinajstić information content (AvgIpc) is 2.75. The molecule has 0 saturated carbocycles. The lowest BCUT2D eigenvalue weighted by molar-refractivity contribution is -0.109. The minimum atomic E-state index is 0.389. The molecule has 6 nitrogen and oxygen atoms in total. The molecule has 0 radical (unpaired) electrons. The molecule has 0 bridgehead atoms. The predicted molar refractivity (Wildman–Crippen MR) is 123 cm³/mol. The van der Waals surface area contributed by atoms with Crippen LogP contribution < -0.4 is 5.32 Å². The number of carbonyl (C=O) groups excluding carboxylic acids is 1. The van der Waals surface area contributed by atoms with Crippen molar-refractivity contribution in [3.63, 3.8) is 0 Å². The van der Waals surface area contributed by atoms with Gasteiger partial charge in [0.25, 0.3) is 0 Å². The first-order valence-corrected chi connectivity index (χ1v) is 9.90. The van der Waals surface area contributed by atoms with E-state index in [1.807, 2.05) is 26.0 Å². The predicted octanol–water partition coefficient (Wildman–Crippen LogP) is 4.79. The zero-order valence-corrected chi connectivity index (χ0v) is 19.0. The molecule has 2 aromatic carbocycles. The lowest BCUT2D eigenvalue weighted by Gasteiger charge is -2.12. The molecule has 0 aliphatic carbocycles. The fourth-order valence-electron chi connectivity index (χ4n) is 2.79. The Morgan fingerprint density at radius 2 is 1.77 bits per heavy atom. The van der Waals surface area contributed by atoms with Gasteiger partial charge in [-0.1, -0.05) is 60.6 Å². The van der Waals surface area contributed by atoms with Crippen LogP contribution in [0.1, 0.15) is 61.4 Å². The molecule has 1 amide bonds. The van der Waals surface area contributed by atoms with E-state index in [1.165, 1.54) is 5.56 Å². The minimum absolute atomic E-state index is 0.389. The van der Waals surface area contributed by atoms with E-state index in [2.05, 4.69) is 66.7 Å². The standard InChI is InChI=1S/C22H28N2O2.C2H5NO/c1-15(2)19-10-8-11-20(13-19)17(4)24-26-14-22-16(3)9-7-12-21(22)18(5)23-25-6;1-3-2-4/h7-13,15H,14H2,1-6H3;2H,1H3,(H,3,4)/b23-18-,24-17+;. The van der Waals surface area contributed by atoms with E-state index in [0.717, 1.165) is 33.7 Å². The van der Waals surface area contributed by atoms with Crippen LogP contribution in [0.25, 0.3) is 0 Å². The van der Waals surface area contributed by atoms with E-state index in [9.17, 15) is 0 Å². The molecule has 0 spiro atoms. The number of carbonyl (C=O) groups is 1. The van der Waals surface area contributed by atoms with E-state index in [1.54, 1.807) is 14.2 Å². The average molecular weight is 412 g/mol. The molecule has 6 heteroatoms. The Morgan fingerprint density at radius 1 is 1.10 bits per heavy atom. The number of hydrogen-bond donors (Lipinski definition) is 1. The second kappa shape index (κ2) is 13.1. The maximum atomic E-state index is 9.06. The van der Waals surface area contributed by atoms with Crippen LogP contribution in [0.4, 0.5) is 0 Å². The Labute approximate surface area is 180 Å². The molecule has 2 rings (SSSR count). The van der Waals surface area contributed by atoms with Crippen molar-refractivity contribution in [1.82, 2.24) is 5.32 Å². The van der Waals surface area contributed by atoms with E-state index >= 15 is 0 Å². The van der Waals surface area contributed by atoms with Gasteiger partial charge in [0.2, 0.25) is 6.41 Å². The van der Waals surface area contributed by atoms with E-state index < -0.39 is 0 Å². The molecule has 0 atom stereocenters. The SMILES string of the molecule is CNC=O.CO/N=C(/C)c1cccc(C)c1CO/N=C(\C)c1cccc(C(C)C)c1. The van der Waals surface area contributed by atoms with Gasteiger partial charge in [-0.05, 0) is 49.4 Å². The van der Waals surface area contributed by atoms with Gasteiger partial charge in [-0.2, -0.15) is 0 Å². The van der Waals surface area contributed by atoms with Crippen molar-refractivity contribution < 1.29 is 14.5 Å². The summed E-state index contributed by atoms with van der Waals surface area (Å²) in [6, 6.07) is 14.5. The van der Waals surface area contributed by atoms with Crippen LogP contribution in [0.2, 0.25) is 0 Å². The summed E-state index contributed by atoms with van der Waals surface area (Å²) in [5.74, 6) is 0.487. The third-order valence-corrected chi connectivity index (χ3v) is 4.53. The number of nitrogens with one attached hydrogen (secondary N) is 1. The molecule has 162 valence electrons. The van der Waals surface area contributed by atoms with Crippen molar-refractivity contribution in [2.45, 2.75) is 47.1 Å². The van der Waals surface area contributed by atoms with Crippen LogP contribution >= 0.6 is 0 Å². The second-order valence-corrected chi connectivity index (χ2v) is 7.10. The summed E-state index contributed by atoms with van der Waals surface area (Å²) in [5.41, 5.74) is 7.29. The quantitative estimate of drug-likeness (QED) is 0.386. The second-order valence-electron chi connectivity index (χ2n) is 7.10. The first-order chi connectivity index (χ1) is 14.3. The summed E-state index contributed by atoms with van der Waals surface area (Å²) in [6.07, 6.45) is 0.625. The lowest BCUT2D eigenvalue weighted by atomic mass is 9.99. The third-order valence-electron chi connectivity index (χ3n) is 4.53. The van der Waals surface area contributed by atoms with Crippen molar-refractivity contribution in [2.24, 2.45) is 10.3 Å². The van der Waals surface area contributed by atoms with Gasteiger partial charge in [-0.25, -0.2) is 0 Å². The first-order valence-electron chi connectivity index (χ1n) is 9.90. The van der Waals surface area contributed by atoms with Gasteiger partial charge in [0.15, 0.2) is 0 Å². The Morgan fingerprint density at radius 3 is 2.37 bits per heavy atom. The van der Waals surface area contributed by atoms with Gasteiger partial charge < -0.3 is 15.0 Å². The van der Waals surface area contributed by atoms with E-state index in [4.69, 9.17) is 14.5 Å². The maximum Gasteiger partial charge on any atom is 0.206 e. The largest absolute Gasteiger partial charge is 0.399 e. The van der Waals surface area contributed by atoms with E-state index in [0.29, 0.717) is 18.9 Å². The van der Waals surface area contributed by atoms with Crippen LogP contribution in [0.5, 0.6) is 0 Å². The zero-order chi connectivity index (χ0) is 22.5. The third kappa shape index (κ3) is 7.70. The smallest absolute Gasteiger partial charge is 0.206 e. The summed E-state index contributed by atoms with van der Waals surface area (Å²) in [6.45, 7) is 10.7. The van der Waals surface area contributed by atoms with Gasteiger partial charge in [-0.3, -0.25) is 4.79 Å². The highest BCUT2D eigenvalue weighted by atomic mass is 16.6. The van der Waals surface area contributed by atoms with Crippen molar-refractivity contribution >= 4 is 17.8 Å². The maximum absolute atomic E-state index is 9.06. The first kappa shape index (κ1) is 24.9. The highest BCUT2D eigenvalue weighted by Crippen LogP contribution is 2.18. The monoisotopic (exact) mass is 411 g/mol. The van der Waals surface area contributed by atoms with Gasteiger partial charge >= 0.3 is 0 Å². The molecule has 2 aromatic rings. The van der Waals surface area contributed by atoms with Gasteiger partial charge in [0.1, 0.15) is 13.7 Å². The number of benzene rings is 2. The zero-order valence-electron chi connectivity index (χ0n) is 19.0. The molecule has 1 N–H and O–H groups in total. The topological polar surface area (TPSA) is 72.3 Å². The van der Waals surface area contributed by atoms with Crippen molar-refractivity contribution in [1.29, 1.82) is 0 Å². The van der Waals surface area contributed by atoms with Crippen molar-refractivity contribution in [3.8, 4) is 0 Å². The Balaban J connectivity index is 0.00000103. The number of hydrogen-bond acceptors (Lipinski definition) is 5. The fourth-order valence-corrected chi connectivity index (χ4v) is 2.79. The highest BCUT2D eigenvalue weighted by Gasteiger charge is 2.10. The molecule has 0 aliphatic heterocycles. The number of aryl methyl sites for hydroxylation is 1. The minimum Gasteiger partial charge on any atom is -0.399 e. The normalized spacial score (nSPS) is 11.5. The summed E-state index contributed by atoms with van der Waals surface area (Å²) in [5, 5.41) is 10.6. The van der Waals surface area contributed by atoms with Gasteiger partial charge in [-0.15, -0.1) is 0 Å². The van der Waals surface area contributed by atoms with Gasteiger partial charge in [0.05, 0.1) is 11.4 Å². The molecule has 0 saturated heterocycles. The lowest BCUT2D eigenvalue weighted by Crippen LogP contribution is -2.05. The molecule has 0 fully saturated rings. The molecular formula is C24H33N3O3. The molecular weight excluding hydrogens is 378 g/mol. The van der Waals surface area contributed by atoms with Crippen molar-refractivity contribution in [3.05, 3.63) is 70.3 Å². The van der Waals surface area contributed by atoms with Gasteiger partial charge in [0, 0.05) is 18.2 Å².